The van der Waals surface area contributed by atoms with Gasteiger partial charge in [0.2, 0.25) is 0 Å². The molecular weight excluding hydrogens is 299 g/mol. The van der Waals surface area contributed by atoms with Crippen LogP contribution in [0.15, 0.2) is 12.1 Å². The number of ether oxygens (including phenoxy) is 2. The van der Waals surface area contributed by atoms with E-state index in [4.69, 9.17) is 4.74 Å². The van der Waals surface area contributed by atoms with Gasteiger partial charge in [0.1, 0.15) is 17.1 Å². The normalized spacial score (nSPS) is 9.64. The largest absolute Gasteiger partial charge is 0.507 e. The molecule has 0 aliphatic rings. The van der Waals surface area contributed by atoms with Crippen LogP contribution in [0.4, 0.5) is 0 Å². The van der Waals surface area contributed by atoms with Crippen LogP contribution in [0.5, 0.6) is 11.5 Å². The van der Waals surface area contributed by atoms with Crippen molar-refractivity contribution >= 4 is 28.6 Å². The van der Waals surface area contributed by atoms with Gasteiger partial charge in [0.05, 0.1) is 17.8 Å². The van der Waals surface area contributed by atoms with E-state index in [9.17, 15) is 9.90 Å². The number of aromatic hydroxyl groups is 1. The molecule has 0 aliphatic carbocycles. The van der Waals surface area contributed by atoms with E-state index < -0.39 is 5.97 Å². The molecule has 1 rings (SSSR count). The van der Waals surface area contributed by atoms with Crippen molar-refractivity contribution in [2.24, 2.45) is 0 Å². The van der Waals surface area contributed by atoms with Crippen LogP contribution in [0, 0.1) is 3.57 Å². The van der Waals surface area contributed by atoms with Crippen molar-refractivity contribution < 1.29 is 19.4 Å². The zero-order chi connectivity index (χ0) is 10.7. The molecule has 0 radical (unpaired) electrons. The summed E-state index contributed by atoms with van der Waals surface area (Å²) in [7, 11) is 2.72. The number of carbonyl (C=O) groups excluding carboxylic acids is 1. The van der Waals surface area contributed by atoms with Crippen LogP contribution in [0.2, 0.25) is 0 Å². The fourth-order valence-electron chi connectivity index (χ4n) is 0.981. The molecule has 1 aromatic carbocycles. The Labute approximate surface area is 95.0 Å². The van der Waals surface area contributed by atoms with E-state index in [-0.39, 0.29) is 5.75 Å². The lowest BCUT2D eigenvalue weighted by molar-refractivity contribution is 0.0597. The van der Waals surface area contributed by atoms with Crippen molar-refractivity contribution in [1.29, 1.82) is 0 Å². The van der Waals surface area contributed by atoms with Crippen molar-refractivity contribution in [3.8, 4) is 11.5 Å². The van der Waals surface area contributed by atoms with Gasteiger partial charge in [-0.2, -0.15) is 0 Å². The maximum absolute atomic E-state index is 11.3. The Bertz CT molecular complexity index is 362. The van der Waals surface area contributed by atoms with Crippen molar-refractivity contribution in [2.45, 2.75) is 0 Å². The molecule has 0 unspecified atom stereocenters. The Morgan fingerprint density at radius 2 is 2.07 bits per heavy atom. The minimum atomic E-state index is -0.486. The first-order valence-corrected chi connectivity index (χ1v) is 4.82. The average molecular weight is 308 g/mol. The summed E-state index contributed by atoms with van der Waals surface area (Å²) in [5.41, 5.74) is 0.303. The third-order valence-electron chi connectivity index (χ3n) is 1.67. The first-order chi connectivity index (χ1) is 6.60. The maximum atomic E-state index is 11.3. The monoisotopic (exact) mass is 308 g/mol. The Morgan fingerprint density at radius 3 is 2.57 bits per heavy atom. The van der Waals surface area contributed by atoms with Crippen LogP contribution in [0.25, 0.3) is 0 Å². The molecule has 0 aliphatic heterocycles. The predicted molar refractivity (Wildman–Crippen MR) is 58.7 cm³/mol. The Kier molecular flexibility index (Phi) is 3.56. The minimum absolute atomic E-state index is 0.0788. The van der Waals surface area contributed by atoms with Crippen molar-refractivity contribution in [1.82, 2.24) is 0 Å². The number of halogens is 1. The Morgan fingerprint density at radius 1 is 1.43 bits per heavy atom. The van der Waals surface area contributed by atoms with Crippen LogP contribution < -0.4 is 4.74 Å². The van der Waals surface area contributed by atoms with Crippen molar-refractivity contribution in [2.75, 3.05) is 14.2 Å². The first kappa shape index (κ1) is 11.1. The molecule has 14 heavy (non-hydrogen) atoms. The number of phenols is 1. The van der Waals surface area contributed by atoms with Gasteiger partial charge in [-0.25, -0.2) is 4.79 Å². The number of rotatable bonds is 2. The molecule has 5 heteroatoms. The highest BCUT2D eigenvalue weighted by atomic mass is 127. The van der Waals surface area contributed by atoms with Gasteiger partial charge in [0.25, 0.3) is 0 Å². The zero-order valence-electron chi connectivity index (χ0n) is 7.70. The summed E-state index contributed by atoms with van der Waals surface area (Å²) in [5.74, 6) is -0.107. The van der Waals surface area contributed by atoms with E-state index in [1.54, 1.807) is 0 Å². The van der Waals surface area contributed by atoms with Gasteiger partial charge in [-0.1, -0.05) is 0 Å². The topological polar surface area (TPSA) is 55.8 Å². The molecule has 0 fully saturated rings. The molecule has 0 amide bonds. The quantitative estimate of drug-likeness (QED) is 0.668. The van der Waals surface area contributed by atoms with Gasteiger partial charge in [-0.3, -0.25) is 0 Å². The molecule has 0 atom stereocenters. The second kappa shape index (κ2) is 4.50. The van der Waals surface area contributed by atoms with Crippen molar-refractivity contribution in [3.63, 3.8) is 0 Å². The summed E-state index contributed by atoms with van der Waals surface area (Å²) in [5, 5.41) is 9.37. The van der Waals surface area contributed by atoms with Gasteiger partial charge < -0.3 is 14.6 Å². The summed E-state index contributed by atoms with van der Waals surface area (Å²) >= 11 is 1.92. The number of esters is 1. The minimum Gasteiger partial charge on any atom is -0.507 e. The molecule has 0 spiro atoms. The zero-order valence-corrected chi connectivity index (χ0v) is 9.86. The lowest BCUT2D eigenvalue weighted by Crippen LogP contribution is -2.04. The van der Waals surface area contributed by atoms with Crippen LogP contribution >= 0.6 is 22.6 Å². The third kappa shape index (κ3) is 2.09. The molecule has 1 N–H and O–H groups in total. The average Bonchev–Trinajstić information content (AvgIpc) is 2.20. The fourth-order valence-corrected chi connectivity index (χ4v) is 1.45. The standard InChI is InChI=1S/C9H9IO4/c1-13-8-4-7(11)6(10)3-5(8)9(12)14-2/h3-4,11H,1-2H3. The number of hydrogen-bond donors (Lipinski definition) is 1. The van der Waals surface area contributed by atoms with Gasteiger partial charge in [-0.15, -0.1) is 0 Å². The maximum Gasteiger partial charge on any atom is 0.341 e. The smallest absolute Gasteiger partial charge is 0.341 e. The molecule has 0 aromatic heterocycles. The molecule has 76 valence electrons. The lowest BCUT2D eigenvalue weighted by atomic mass is 10.2. The Balaban J connectivity index is 3.27. The third-order valence-corrected chi connectivity index (χ3v) is 2.54. The van der Waals surface area contributed by atoms with E-state index in [0.717, 1.165) is 0 Å². The summed E-state index contributed by atoms with van der Waals surface area (Å²) < 4.78 is 10.1. The molecule has 1 aromatic rings. The molecular formula is C9H9IO4. The van der Waals surface area contributed by atoms with Gasteiger partial charge in [-0.05, 0) is 28.7 Å². The number of methoxy groups -OCH3 is 2. The lowest BCUT2D eigenvalue weighted by Gasteiger charge is -2.08. The number of benzene rings is 1. The number of carbonyl (C=O) groups is 1. The SMILES string of the molecule is COC(=O)c1cc(I)c(O)cc1OC. The van der Waals surface area contributed by atoms with Gasteiger partial charge in [0.15, 0.2) is 0 Å². The van der Waals surface area contributed by atoms with Crippen LogP contribution in [0.1, 0.15) is 10.4 Å². The summed E-state index contributed by atoms with van der Waals surface area (Å²) in [6.07, 6.45) is 0. The first-order valence-electron chi connectivity index (χ1n) is 3.75. The second-order valence-corrected chi connectivity index (χ2v) is 3.66. The van der Waals surface area contributed by atoms with Gasteiger partial charge in [0, 0.05) is 6.07 Å². The van der Waals surface area contributed by atoms with E-state index in [1.165, 1.54) is 26.4 Å². The highest BCUT2D eigenvalue weighted by molar-refractivity contribution is 14.1. The predicted octanol–water partition coefficient (Wildman–Crippen LogP) is 1.79. The highest BCUT2D eigenvalue weighted by Crippen LogP contribution is 2.29. The van der Waals surface area contributed by atoms with E-state index in [2.05, 4.69) is 4.74 Å². The van der Waals surface area contributed by atoms with Gasteiger partial charge >= 0.3 is 5.97 Å². The van der Waals surface area contributed by atoms with E-state index >= 15 is 0 Å². The number of phenolic OH excluding ortho intramolecular Hbond substituents is 1. The molecule has 0 heterocycles. The Hall–Kier alpha value is -0.980. The van der Waals surface area contributed by atoms with Crippen LogP contribution in [-0.4, -0.2) is 25.3 Å². The van der Waals surface area contributed by atoms with Crippen molar-refractivity contribution in [3.05, 3.63) is 21.3 Å². The molecule has 0 saturated carbocycles. The highest BCUT2D eigenvalue weighted by Gasteiger charge is 2.15. The molecule has 0 saturated heterocycles. The van der Waals surface area contributed by atoms with Crippen LogP contribution in [-0.2, 0) is 4.74 Å². The molecule has 0 bridgehead atoms. The summed E-state index contributed by atoms with van der Waals surface area (Å²) in [4.78, 5) is 11.3. The second-order valence-electron chi connectivity index (χ2n) is 2.50. The van der Waals surface area contributed by atoms with E-state index in [1.807, 2.05) is 22.6 Å². The molecule has 4 nitrogen and oxygen atoms in total. The van der Waals surface area contributed by atoms with E-state index in [0.29, 0.717) is 14.9 Å². The summed E-state index contributed by atoms with van der Waals surface area (Å²) in [6.45, 7) is 0. The fraction of sp³-hybridized carbons (Fsp3) is 0.222. The number of hydrogen-bond acceptors (Lipinski definition) is 4. The summed E-state index contributed by atoms with van der Waals surface area (Å²) in [6, 6.07) is 2.90. The van der Waals surface area contributed by atoms with Crippen LogP contribution in [0.3, 0.4) is 0 Å².